The molecule has 0 rings (SSSR count). The SMILES string of the molecule is CCC(=O)NC(C)[SiH2]OC(O)O. The first kappa shape index (κ1) is 11.6. The average Bonchev–Trinajstić information content (AvgIpc) is 2.00. The van der Waals surface area contributed by atoms with Crippen LogP contribution in [0.5, 0.6) is 0 Å². The number of carbonyl (C=O) groups excluding carboxylic acids is 1. The molecule has 0 spiro atoms. The van der Waals surface area contributed by atoms with E-state index in [0.717, 1.165) is 0 Å². The van der Waals surface area contributed by atoms with Crippen molar-refractivity contribution in [2.45, 2.75) is 32.4 Å². The van der Waals surface area contributed by atoms with Crippen LogP contribution in [0, 0.1) is 0 Å². The minimum absolute atomic E-state index is 0.0500. The molecule has 72 valence electrons. The topological polar surface area (TPSA) is 78.8 Å². The zero-order chi connectivity index (χ0) is 9.56. The van der Waals surface area contributed by atoms with Gasteiger partial charge in [0.25, 0.3) is 6.48 Å². The van der Waals surface area contributed by atoms with Crippen LogP contribution in [0.2, 0.25) is 0 Å². The lowest BCUT2D eigenvalue weighted by molar-refractivity contribution is -0.180. The standard InChI is InChI=1S/C6H15NO4Si/c1-3-5(8)7-4(2)12-11-6(9)10/h4,6,9-10H,3,12H2,1-2H3,(H,7,8). The van der Waals surface area contributed by atoms with Crippen molar-refractivity contribution in [3.63, 3.8) is 0 Å². The molecule has 0 radical (unpaired) electrons. The summed E-state index contributed by atoms with van der Waals surface area (Å²) in [5, 5.41) is 19.4. The van der Waals surface area contributed by atoms with Crippen molar-refractivity contribution < 1.29 is 19.4 Å². The molecule has 0 aromatic carbocycles. The van der Waals surface area contributed by atoms with Crippen LogP contribution in [0.15, 0.2) is 0 Å². The summed E-state index contributed by atoms with van der Waals surface area (Å²) in [5.41, 5.74) is -0.0701. The second-order valence-electron chi connectivity index (χ2n) is 2.48. The molecule has 0 aliphatic heterocycles. The molecule has 3 N–H and O–H groups in total. The third-order valence-corrected chi connectivity index (χ3v) is 2.42. The molecule has 0 aromatic rings. The van der Waals surface area contributed by atoms with E-state index in [-0.39, 0.29) is 11.6 Å². The lowest BCUT2D eigenvalue weighted by Gasteiger charge is -2.13. The number of hydrogen-bond acceptors (Lipinski definition) is 4. The van der Waals surface area contributed by atoms with Crippen molar-refractivity contribution in [1.82, 2.24) is 5.32 Å². The average molecular weight is 193 g/mol. The summed E-state index contributed by atoms with van der Waals surface area (Å²) in [6.45, 7) is 1.82. The predicted octanol–water partition coefficient (Wildman–Crippen LogP) is -1.77. The molecule has 1 unspecified atom stereocenters. The molecule has 12 heavy (non-hydrogen) atoms. The molecule has 0 saturated heterocycles. The molecule has 0 aliphatic rings. The number of carbonyl (C=O) groups is 1. The molecule has 5 nitrogen and oxygen atoms in total. The van der Waals surface area contributed by atoms with Crippen molar-refractivity contribution >= 4 is 15.7 Å². The van der Waals surface area contributed by atoms with Gasteiger partial charge in [0, 0.05) is 12.1 Å². The maximum atomic E-state index is 10.8. The van der Waals surface area contributed by atoms with Gasteiger partial charge >= 0.3 is 0 Å². The molecular weight excluding hydrogens is 178 g/mol. The van der Waals surface area contributed by atoms with Gasteiger partial charge in [0.05, 0.1) is 0 Å². The van der Waals surface area contributed by atoms with Crippen LogP contribution < -0.4 is 5.32 Å². The molecule has 6 heteroatoms. The van der Waals surface area contributed by atoms with Crippen LogP contribution in [-0.2, 0) is 9.22 Å². The second kappa shape index (κ2) is 6.12. The van der Waals surface area contributed by atoms with E-state index in [1.165, 1.54) is 0 Å². The van der Waals surface area contributed by atoms with Crippen LogP contribution in [0.3, 0.4) is 0 Å². The monoisotopic (exact) mass is 193 g/mol. The Morgan fingerprint density at radius 3 is 2.67 bits per heavy atom. The maximum absolute atomic E-state index is 10.8. The van der Waals surface area contributed by atoms with Gasteiger partial charge in [0.2, 0.25) is 5.91 Å². The highest BCUT2D eigenvalue weighted by atomic mass is 28.2. The molecule has 0 aliphatic carbocycles. The van der Waals surface area contributed by atoms with Gasteiger partial charge in [-0.1, -0.05) is 6.92 Å². The number of rotatable bonds is 5. The van der Waals surface area contributed by atoms with Gasteiger partial charge in [-0.15, -0.1) is 0 Å². The zero-order valence-electron chi connectivity index (χ0n) is 7.28. The number of hydrogen-bond donors (Lipinski definition) is 3. The van der Waals surface area contributed by atoms with Crippen LogP contribution in [0.1, 0.15) is 20.3 Å². The van der Waals surface area contributed by atoms with Gasteiger partial charge < -0.3 is 20.0 Å². The first-order valence-corrected chi connectivity index (χ1v) is 5.22. The summed E-state index contributed by atoms with van der Waals surface area (Å²) in [6, 6.07) is 0. The summed E-state index contributed by atoms with van der Waals surface area (Å²) in [6.07, 6.45) is 0.431. The van der Waals surface area contributed by atoms with Gasteiger partial charge in [-0.2, -0.15) is 0 Å². The highest BCUT2D eigenvalue weighted by Gasteiger charge is 2.07. The summed E-state index contributed by atoms with van der Waals surface area (Å²) in [4.78, 5) is 10.8. The fourth-order valence-electron chi connectivity index (χ4n) is 0.649. The Kier molecular flexibility index (Phi) is 5.90. The van der Waals surface area contributed by atoms with Crippen molar-refractivity contribution in [2.24, 2.45) is 0 Å². The quantitative estimate of drug-likeness (QED) is 0.356. The highest BCUT2D eigenvalue weighted by Crippen LogP contribution is 1.85. The third kappa shape index (κ3) is 6.29. The van der Waals surface area contributed by atoms with E-state index < -0.39 is 16.2 Å². The highest BCUT2D eigenvalue weighted by molar-refractivity contribution is 6.30. The zero-order valence-corrected chi connectivity index (χ0v) is 8.69. The van der Waals surface area contributed by atoms with E-state index in [4.69, 9.17) is 10.2 Å². The molecular formula is C6H15NO4Si. The van der Waals surface area contributed by atoms with Gasteiger partial charge in [-0.05, 0) is 6.92 Å². The first-order chi connectivity index (χ1) is 5.56. The molecule has 1 amide bonds. The first-order valence-electron chi connectivity index (χ1n) is 3.83. The van der Waals surface area contributed by atoms with Crippen LogP contribution in [0.25, 0.3) is 0 Å². The molecule has 0 heterocycles. The van der Waals surface area contributed by atoms with Gasteiger partial charge in [0.1, 0.15) is 0 Å². The lowest BCUT2D eigenvalue weighted by atomic mass is 10.4. The molecule has 0 bridgehead atoms. The Morgan fingerprint density at radius 2 is 2.25 bits per heavy atom. The Hall–Kier alpha value is -0.433. The molecule has 1 atom stereocenters. The molecule has 0 fully saturated rings. The van der Waals surface area contributed by atoms with Crippen LogP contribution >= 0.6 is 0 Å². The Bertz CT molecular complexity index is 142. The lowest BCUT2D eigenvalue weighted by Crippen LogP contribution is -2.38. The second-order valence-corrected chi connectivity index (χ2v) is 4.37. The van der Waals surface area contributed by atoms with E-state index in [0.29, 0.717) is 6.42 Å². The van der Waals surface area contributed by atoms with Crippen LogP contribution in [-0.4, -0.2) is 38.0 Å². The van der Waals surface area contributed by atoms with E-state index in [1.54, 1.807) is 13.8 Å². The van der Waals surface area contributed by atoms with E-state index in [9.17, 15) is 4.79 Å². The van der Waals surface area contributed by atoms with E-state index in [2.05, 4.69) is 9.74 Å². The fraction of sp³-hybridized carbons (Fsp3) is 0.833. The van der Waals surface area contributed by atoms with Crippen LogP contribution in [0.4, 0.5) is 0 Å². The number of nitrogens with one attached hydrogen (secondary N) is 1. The number of aliphatic hydroxyl groups excluding tert-OH is 1. The predicted molar refractivity (Wildman–Crippen MR) is 45.8 cm³/mol. The molecule has 0 aromatic heterocycles. The maximum Gasteiger partial charge on any atom is 0.256 e. The summed E-state index contributed by atoms with van der Waals surface area (Å²) < 4.78 is 4.58. The smallest absolute Gasteiger partial charge is 0.256 e. The Balaban J connectivity index is 3.45. The van der Waals surface area contributed by atoms with Gasteiger partial charge in [-0.3, -0.25) is 4.79 Å². The van der Waals surface area contributed by atoms with E-state index in [1.807, 2.05) is 0 Å². The Morgan fingerprint density at radius 1 is 1.67 bits per heavy atom. The van der Waals surface area contributed by atoms with Crippen molar-refractivity contribution in [3.05, 3.63) is 0 Å². The van der Waals surface area contributed by atoms with Crippen molar-refractivity contribution in [1.29, 1.82) is 0 Å². The minimum Gasteiger partial charge on any atom is -0.377 e. The fourth-order valence-corrected chi connectivity index (χ4v) is 1.42. The van der Waals surface area contributed by atoms with Gasteiger partial charge in [0.15, 0.2) is 9.76 Å². The summed E-state index contributed by atoms with van der Waals surface area (Å²) in [5.74, 6) is -0.0500. The Labute approximate surface area is 73.7 Å². The van der Waals surface area contributed by atoms with Crippen molar-refractivity contribution in [3.8, 4) is 0 Å². The van der Waals surface area contributed by atoms with E-state index >= 15 is 0 Å². The number of aliphatic hydroxyl groups is 2. The minimum atomic E-state index is -1.71. The number of amides is 1. The third-order valence-electron chi connectivity index (χ3n) is 1.22. The largest absolute Gasteiger partial charge is 0.377 e. The summed E-state index contributed by atoms with van der Waals surface area (Å²) in [7, 11) is -1.10. The summed E-state index contributed by atoms with van der Waals surface area (Å²) >= 11 is 0. The van der Waals surface area contributed by atoms with Gasteiger partial charge in [-0.25, -0.2) is 0 Å². The normalized spacial score (nSPS) is 14.1. The van der Waals surface area contributed by atoms with Crippen molar-refractivity contribution in [2.75, 3.05) is 0 Å². The molecule has 0 saturated carbocycles.